The fraction of sp³-hybridized carbons (Fsp3) is 0.929. The van der Waals surface area contributed by atoms with Crippen LogP contribution in [0, 0.1) is 23.2 Å². The van der Waals surface area contributed by atoms with Gasteiger partial charge in [-0.2, -0.15) is 17.0 Å². The fourth-order valence-electron chi connectivity index (χ4n) is 3.39. The molecule has 2 rings (SSSR count). The summed E-state index contributed by atoms with van der Waals surface area (Å²) in [5.41, 5.74) is 0. The van der Waals surface area contributed by atoms with Gasteiger partial charge in [0.25, 0.3) is 0 Å². The van der Waals surface area contributed by atoms with Gasteiger partial charge in [-0.15, -0.1) is 0 Å². The van der Waals surface area contributed by atoms with Gasteiger partial charge in [0.2, 0.25) is 0 Å². The highest BCUT2D eigenvalue weighted by Gasteiger charge is 2.36. The Morgan fingerprint density at radius 2 is 1.76 bits per heavy atom. The van der Waals surface area contributed by atoms with Gasteiger partial charge in [0.05, 0.1) is 12.0 Å². The predicted octanol–water partition coefficient (Wildman–Crippen LogP) is 3.14. The molecule has 1 aliphatic heterocycles. The van der Waals surface area contributed by atoms with E-state index >= 15 is 0 Å². The Morgan fingerprint density at radius 3 is 2.35 bits per heavy atom. The van der Waals surface area contributed by atoms with Crippen LogP contribution in [0.4, 0.5) is 0 Å². The molecule has 2 aliphatic rings. The minimum atomic E-state index is 0.272. The van der Waals surface area contributed by atoms with Crippen LogP contribution in [0.2, 0.25) is 0 Å². The third-order valence-electron chi connectivity index (χ3n) is 4.16. The lowest BCUT2D eigenvalue weighted by atomic mass is 9.79. The highest BCUT2D eigenvalue weighted by molar-refractivity contribution is 8.00. The van der Waals surface area contributed by atoms with Gasteiger partial charge < -0.3 is 0 Å². The topological polar surface area (TPSA) is 27.0 Å². The average Bonchev–Trinajstić information content (AvgIpc) is 2.27. The van der Waals surface area contributed by atoms with Gasteiger partial charge in [0.1, 0.15) is 0 Å². The van der Waals surface area contributed by atoms with E-state index in [1.54, 1.807) is 0 Å². The van der Waals surface area contributed by atoms with E-state index in [0.29, 0.717) is 6.04 Å². The minimum absolute atomic E-state index is 0.272. The summed E-state index contributed by atoms with van der Waals surface area (Å²) in [6.07, 6.45) is 3.57. The molecule has 0 N–H and O–H groups in total. The lowest BCUT2D eigenvalue weighted by molar-refractivity contribution is 0.104. The van der Waals surface area contributed by atoms with Crippen LogP contribution in [0.5, 0.6) is 0 Å². The van der Waals surface area contributed by atoms with Gasteiger partial charge in [0.15, 0.2) is 0 Å². The molecule has 1 aliphatic carbocycles. The molecule has 0 aromatic heterocycles. The number of thioether (sulfide) groups is 1. The summed E-state index contributed by atoms with van der Waals surface area (Å²) < 4.78 is 0. The molecule has 96 valence electrons. The molecule has 17 heavy (non-hydrogen) atoms. The summed E-state index contributed by atoms with van der Waals surface area (Å²) in [5, 5.41) is 10.8. The van der Waals surface area contributed by atoms with E-state index in [0.717, 1.165) is 22.8 Å². The molecule has 0 radical (unpaired) electrons. The van der Waals surface area contributed by atoms with Gasteiger partial charge in [-0.05, 0) is 25.2 Å². The molecular formula is C14H24N2S. The molecule has 0 amide bonds. The second kappa shape index (κ2) is 5.63. The van der Waals surface area contributed by atoms with Crippen molar-refractivity contribution in [3.8, 4) is 6.07 Å². The van der Waals surface area contributed by atoms with Crippen LogP contribution in [0.1, 0.15) is 40.0 Å². The molecule has 5 unspecified atom stereocenters. The minimum Gasteiger partial charge on any atom is -0.297 e. The molecule has 0 aromatic carbocycles. The Balaban J connectivity index is 2.05. The van der Waals surface area contributed by atoms with Crippen LogP contribution in [-0.2, 0) is 0 Å². The van der Waals surface area contributed by atoms with Crippen LogP contribution in [0.15, 0.2) is 0 Å². The first-order valence-electron chi connectivity index (χ1n) is 6.89. The number of nitrogens with zero attached hydrogens (tertiary/aromatic N) is 2. The van der Waals surface area contributed by atoms with Crippen molar-refractivity contribution >= 4 is 11.8 Å². The SMILES string of the molecule is CC1CCC(C#N)C(N2CC(C)SC(C)C2)C1. The lowest BCUT2D eigenvalue weighted by Crippen LogP contribution is -2.50. The van der Waals surface area contributed by atoms with E-state index in [1.807, 2.05) is 0 Å². The van der Waals surface area contributed by atoms with Gasteiger partial charge in [-0.1, -0.05) is 20.8 Å². The van der Waals surface area contributed by atoms with Crippen molar-refractivity contribution in [2.75, 3.05) is 13.1 Å². The number of hydrogen-bond acceptors (Lipinski definition) is 3. The molecule has 2 nitrogen and oxygen atoms in total. The van der Waals surface area contributed by atoms with Gasteiger partial charge in [-0.3, -0.25) is 4.90 Å². The van der Waals surface area contributed by atoms with E-state index < -0.39 is 0 Å². The maximum absolute atomic E-state index is 9.33. The normalized spacial score (nSPS) is 44.2. The first kappa shape index (κ1) is 13.2. The number of hydrogen-bond donors (Lipinski definition) is 0. The lowest BCUT2D eigenvalue weighted by Gasteiger charge is -2.44. The second-order valence-corrected chi connectivity index (χ2v) is 7.81. The zero-order valence-electron chi connectivity index (χ0n) is 11.2. The summed E-state index contributed by atoms with van der Waals surface area (Å²) in [5.74, 6) is 1.07. The Bertz CT molecular complexity index is 289. The van der Waals surface area contributed by atoms with Crippen molar-refractivity contribution in [2.24, 2.45) is 11.8 Å². The number of rotatable bonds is 1. The molecular weight excluding hydrogens is 228 g/mol. The Labute approximate surface area is 110 Å². The quantitative estimate of drug-likeness (QED) is 0.717. The molecule has 0 aromatic rings. The van der Waals surface area contributed by atoms with E-state index in [1.165, 1.54) is 25.9 Å². The fourth-order valence-corrected chi connectivity index (χ4v) is 4.74. The Hall–Kier alpha value is -0.200. The summed E-state index contributed by atoms with van der Waals surface area (Å²) in [6, 6.07) is 3.08. The van der Waals surface area contributed by atoms with Crippen LogP contribution >= 0.6 is 11.8 Å². The summed E-state index contributed by atoms with van der Waals surface area (Å²) >= 11 is 2.09. The highest BCUT2D eigenvalue weighted by atomic mass is 32.2. The molecule has 1 saturated heterocycles. The van der Waals surface area contributed by atoms with Gasteiger partial charge in [-0.25, -0.2) is 0 Å². The highest BCUT2D eigenvalue weighted by Crippen LogP contribution is 2.35. The van der Waals surface area contributed by atoms with Crippen LogP contribution in [-0.4, -0.2) is 34.5 Å². The van der Waals surface area contributed by atoms with E-state index in [9.17, 15) is 5.26 Å². The first-order chi connectivity index (χ1) is 8.10. The zero-order valence-corrected chi connectivity index (χ0v) is 12.0. The van der Waals surface area contributed by atoms with Crippen molar-refractivity contribution in [3.63, 3.8) is 0 Å². The van der Waals surface area contributed by atoms with E-state index in [4.69, 9.17) is 0 Å². The smallest absolute Gasteiger partial charge is 0.0672 e. The predicted molar refractivity (Wildman–Crippen MR) is 74.0 cm³/mol. The molecule has 2 fully saturated rings. The monoisotopic (exact) mass is 252 g/mol. The molecule has 1 heterocycles. The molecule has 0 bridgehead atoms. The van der Waals surface area contributed by atoms with Crippen LogP contribution in [0.25, 0.3) is 0 Å². The second-order valence-electron chi connectivity index (χ2n) is 5.93. The average molecular weight is 252 g/mol. The Morgan fingerprint density at radius 1 is 1.12 bits per heavy atom. The van der Waals surface area contributed by atoms with Crippen LogP contribution in [0.3, 0.4) is 0 Å². The van der Waals surface area contributed by atoms with Crippen molar-refractivity contribution < 1.29 is 0 Å². The number of nitriles is 1. The van der Waals surface area contributed by atoms with Crippen molar-refractivity contribution in [3.05, 3.63) is 0 Å². The maximum atomic E-state index is 9.33. The molecule has 3 heteroatoms. The van der Waals surface area contributed by atoms with Crippen molar-refractivity contribution in [1.82, 2.24) is 4.90 Å². The summed E-state index contributed by atoms with van der Waals surface area (Å²) in [7, 11) is 0. The van der Waals surface area contributed by atoms with E-state index in [2.05, 4.69) is 43.5 Å². The van der Waals surface area contributed by atoms with Gasteiger partial charge >= 0.3 is 0 Å². The van der Waals surface area contributed by atoms with Crippen LogP contribution < -0.4 is 0 Å². The van der Waals surface area contributed by atoms with E-state index in [-0.39, 0.29) is 5.92 Å². The first-order valence-corrected chi connectivity index (χ1v) is 7.83. The van der Waals surface area contributed by atoms with Gasteiger partial charge in [0, 0.05) is 29.6 Å². The Kier molecular flexibility index (Phi) is 4.38. The van der Waals surface area contributed by atoms with Crippen molar-refractivity contribution in [2.45, 2.75) is 56.6 Å². The largest absolute Gasteiger partial charge is 0.297 e. The van der Waals surface area contributed by atoms with Crippen molar-refractivity contribution in [1.29, 1.82) is 5.26 Å². The summed E-state index contributed by atoms with van der Waals surface area (Å²) in [6.45, 7) is 9.32. The zero-order chi connectivity index (χ0) is 12.4. The third kappa shape index (κ3) is 3.17. The molecule has 5 atom stereocenters. The standard InChI is InChI=1S/C14H24N2S/c1-10-4-5-13(7-15)14(6-10)16-8-11(2)17-12(3)9-16/h10-14H,4-6,8-9H2,1-3H3. The molecule has 1 saturated carbocycles. The summed E-state index contributed by atoms with van der Waals surface area (Å²) in [4.78, 5) is 2.61. The molecule has 0 spiro atoms. The maximum Gasteiger partial charge on any atom is 0.0672 e. The third-order valence-corrected chi connectivity index (χ3v) is 5.39.